The Labute approximate surface area is 123 Å². The highest BCUT2D eigenvalue weighted by atomic mass is 32.1. The van der Waals surface area contributed by atoms with Crippen LogP contribution >= 0.6 is 22.7 Å². The van der Waals surface area contributed by atoms with Crippen LogP contribution in [0.25, 0.3) is 0 Å². The Hall–Kier alpha value is -0.780. The molecule has 0 fully saturated rings. The Kier molecular flexibility index (Phi) is 4.71. The van der Waals surface area contributed by atoms with Crippen molar-refractivity contribution in [2.45, 2.75) is 52.1 Å². The number of hydrogen-bond donors (Lipinski definition) is 1. The zero-order valence-electron chi connectivity index (χ0n) is 11.9. The maximum absolute atomic E-state index is 4.52. The number of aromatic nitrogens is 2. The minimum absolute atomic E-state index is 0.141. The van der Waals surface area contributed by atoms with Gasteiger partial charge in [-0.1, -0.05) is 27.7 Å². The van der Waals surface area contributed by atoms with Crippen molar-refractivity contribution in [3.8, 4) is 0 Å². The van der Waals surface area contributed by atoms with Gasteiger partial charge in [0.05, 0.1) is 11.0 Å². The van der Waals surface area contributed by atoms with Crippen LogP contribution in [0.3, 0.4) is 0 Å². The molecule has 1 N–H and O–H groups in total. The van der Waals surface area contributed by atoms with Crippen LogP contribution in [0.2, 0.25) is 0 Å². The van der Waals surface area contributed by atoms with Gasteiger partial charge >= 0.3 is 0 Å². The van der Waals surface area contributed by atoms with Crippen LogP contribution in [0.5, 0.6) is 0 Å². The summed E-state index contributed by atoms with van der Waals surface area (Å²) in [5.41, 5.74) is 0.141. The number of nitrogens with one attached hydrogen (secondary N) is 1. The molecule has 0 spiro atoms. The van der Waals surface area contributed by atoms with E-state index in [1.54, 1.807) is 22.7 Å². The van der Waals surface area contributed by atoms with Crippen LogP contribution in [-0.4, -0.2) is 9.97 Å². The molecule has 0 aliphatic heterocycles. The van der Waals surface area contributed by atoms with Crippen molar-refractivity contribution in [2.75, 3.05) is 0 Å². The summed E-state index contributed by atoms with van der Waals surface area (Å²) in [7, 11) is 0. The first-order valence-corrected chi connectivity index (χ1v) is 8.28. The van der Waals surface area contributed by atoms with Crippen molar-refractivity contribution in [1.29, 1.82) is 0 Å². The molecule has 1 atom stereocenters. The number of hydrogen-bond acceptors (Lipinski definition) is 5. The maximum Gasteiger partial charge on any atom is 0.109 e. The van der Waals surface area contributed by atoms with Crippen LogP contribution in [0.4, 0.5) is 0 Å². The van der Waals surface area contributed by atoms with Crippen LogP contribution < -0.4 is 5.32 Å². The molecule has 0 amide bonds. The molecule has 0 radical (unpaired) electrons. The molecule has 5 heteroatoms. The van der Waals surface area contributed by atoms with E-state index >= 15 is 0 Å². The second-order valence-corrected chi connectivity index (χ2v) is 7.64. The molecule has 2 aromatic heterocycles. The van der Waals surface area contributed by atoms with E-state index in [1.165, 1.54) is 14.9 Å². The Morgan fingerprint density at radius 2 is 2.11 bits per heavy atom. The Bertz CT molecular complexity index is 497. The van der Waals surface area contributed by atoms with E-state index in [1.807, 2.05) is 17.8 Å². The highest BCUT2D eigenvalue weighted by molar-refractivity contribution is 7.11. The molecule has 2 aromatic rings. The minimum atomic E-state index is 0.141. The summed E-state index contributed by atoms with van der Waals surface area (Å²) in [4.78, 5) is 10.2. The van der Waals surface area contributed by atoms with Gasteiger partial charge in [-0.2, -0.15) is 0 Å². The number of nitrogens with zero attached hydrogens (tertiary/aromatic N) is 2. The van der Waals surface area contributed by atoms with Gasteiger partial charge in [-0.05, 0) is 6.42 Å². The van der Waals surface area contributed by atoms with Crippen LogP contribution in [0, 0.1) is 0 Å². The lowest BCUT2D eigenvalue weighted by molar-refractivity contribution is 0.519. The van der Waals surface area contributed by atoms with E-state index < -0.39 is 0 Å². The van der Waals surface area contributed by atoms with Crippen molar-refractivity contribution in [3.05, 3.63) is 32.7 Å². The SMILES string of the molecule is CCC(NCc1cnc(C(C)(C)C)s1)c1nccs1. The van der Waals surface area contributed by atoms with Gasteiger partial charge in [0.15, 0.2) is 0 Å². The largest absolute Gasteiger partial charge is 0.303 e. The fourth-order valence-electron chi connectivity index (χ4n) is 1.77. The van der Waals surface area contributed by atoms with Crippen molar-refractivity contribution < 1.29 is 0 Å². The van der Waals surface area contributed by atoms with Gasteiger partial charge in [-0.15, -0.1) is 22.7 Å². The molecule has 0 aliphatic rings. The molecule has 3 nitrogen and oxygen atoms in total. The van der Waals surface area contributed by atoms with Crippen LogP contribution in [0.1, 0.15) is 55.1 Å². The molecule has 1 unspecified atom stereocenters. The van der Waals surface area contributed by atoms with E-state index in [4.69, 9.17) is 0 Å². The van der Waals surface area contributed by atoms with E-state index in [2.05, 4.69) is 43.0 Å². The third-order valence-corrected chi connectivity index (χ3v) is 5.19. The summed E-state index contributed by atoms with van der Waals surface area (Å²) in [5, 5.41) is 7.97. The Morgan fingerprint density at radius 1 is 1.32 bits per heavy atom. The smallest absolute Gasteiger partial charge is 0.109 e. The molecular weight excluding hydrogens is 274 g/mol. The van der Waals surface area contributed by atoms with E-state index in [0.29, 0.717) is 6.04 Å². The summed E-state index contributed by atoms with van der Waals surface area (Å²) >= 11 is 3.51. The second-order valence-electron chi connectivity index (χ2n) is 5.59. The average Bonchev–Trinajstić information content (AvgIpc) is 2.99. The molecule has 0 saturated carbocycles. The van der Waals surface area contributed by atoms with Gasteiger partial charge in [0, 0.05) is 34.6 Å². The minimum Gasteiger partial charge on any atom is -0.303 e. The monoisotopic (exact) mass is 295 g/mol. The summed E-state index contributed by atoms with van der Waals surface area (Å²) < 4.78 is 0. The zero-order chi connectivity index (χ0) is 13.9. The molecule has 0 aliphatic carbocycles. The van der Waals surface area contributed by atoms with Crippen LogP contribution in [-0.2, 0) is 12.0 Å². The first-order valence-electron chi connectivity index (χ1n) is 6.58. The van der Waals surface area contributed by atoms with Gasteiger partial charge < -0.3 is 5.32 Å². The van der Waals surface area contributed by atoms with Gasteiger partial charge in [0.1, 0.15) is 5.01 Å². The Morgan fingerprint density at radius 3 is 2.63 bits per heavy atom. The molecule has 0 saturated heterocycles. The third-order valence-electron chi connectivity index (χ3n) is 2.88. The summed E-state index contributed by atoms with van der Waals surface area (Å²) in [5.74, 6) is 0. The molecular formula is C14H21N3S2. The topological polar surface area (TPSA) is 37.8 Å². The standard InChI is InChI=1S/C14H21N3S2/c1-5-11(12-15-6-7-18-12)16-8-10-9-17-13(19-10)14(2,3)4/h6-7,9,11,16H,5,8H2,1-4H3. The summed E-state index contributed by atoms with van der Waals surface area (Å²) in [6.45, 7) is 9.66. The average molecular weight is 295 g/mol. The highest BCUT2D eigenvalue weighted by Gasteiger charge is 2.18. The molecule has 104 valence electrons. The maximum atomic E-state index is 4.52. The zero-order valence-corrected chi connectivity index (χ0v) is 13.6. The lowest BCUT2D eigenvalue weighted by Gasteiger charge is -2.14. The quantitative estimate of drug-likeness (QED) is 0.901. The van der Waals surface area contributed by atoms with Crippen LogP contribution in [0.15, 0.2) is 17.8 Å². The first-order chi connectivity index (χ1) is 9.00. The van der Waals surface area contributed by atoms with Gasteiger partial charge in [0.25, 0.3) is 0 Å². The molecule has 0 aromatic carbocycles. The lowest BCUT2D eigenvalue weighted by Crippen LogP contribution is -2.19. The highest BCUT2D eigenvalue weighted by Crippen LogP contribution is 2.27. The first kappa shape index (κ1) is 14.6. The van der Waals surface area contributed by atoms with Gasteiger partial charge in [-0.25, -0.2) is 9.97 Å². The molecule has 0 bridgehead atoms. The fraction of sp³-hybridized carbons (Fsp3) is 0.571. The number of rotatable bonds is 5. The van der Waals surface area contributed by atoms with Crippen molar-refractivity contribution in [1.82, 2.24) is 15.3 Å². The van der Waals surface area contributed by atoms with E-state index in [9.17, 15) is 0 Å². The van der Waals surface area contributed by atoms with Gasteiger partial charge in [-0.3, -0.25) is 0 Å². The summed E-state index contributed by atoms with van der Waals surface area (Å²) in [6.07, 6.45) is 4.92. The Balaban J connectivity index is 1.96. The molecule has 2 rings (SSSR count). The predicted molar refractivity (Wildman–Crippen MR) is 82.8 cm³/mol. The normalized spacial score (nSPS) is 13.7. The number of thiazole rings is 2. The molecule has 2 heterocycles. The van der Waals surface area contributed by atoms with E-state index in [0.717, 1.165) is 13.0 Å². The van der Waals surface area contributed by atoms with E-state index in [-0.39, 0.29) is 5.41 Å². The van der Waals surface area contributed by atoms with Crippen molar-refractivity contribution in [2.24, 2.45) is 0 Å². The van der Waals surface area contributed by atoms with Crippen molar-refractivity contribution >= 4 is 22.7 Å². The molecule has 19 heavy (non-hydrogen) atoms. The summed E-state index contributed by atoms with van der Waals surface area (Å²) in [6, 6.07) is 0.347. The van der Waals surface area contributed by atoms with Crippen molar-refractivity contribution in [3.63, 3.8) is 0 Å². The third kappa shape index (κ3) is 3.84. The lowest BCUT2D eigenvalue weighted by atomic mass is 9.98. The fourth-order valence-corrected chi connectivity index (χ4v) is 3.49. The predicted octanol–water partition coefficient (Wildman–Crippen LogP) is 4.14. The second kappa shape index (κ2) is 6.11. The van der Waals surface area contributed by atoms with Gasteiger partial charge in [0.2, 0.25) is 0 Å².